The summed E-state index contributed by atoms with van der Waals surface area (Å²) in [5.41, 5.74) is 2.15. The van der Waals surface area contributed by atoms with E-state index in [4.69, 9.17) is 4.74 Å². The zero-order valence-corrected chi connectivity index (χ0v) is 10.6. The molecule has 0 radical (unpaired) electrons. The Balaban J connectivity index is 2.37. The summed E-state index contributed by atoms with van der Waals surface area (Å²) in [5, 5.41) is 1.03. The number of rotatable bonds is 1. The van der Waals surface area contributed by atoms with Crippen LogP contribution in [-0.2, 0) is 4.74 Å². The predicted molar refractivity (Wildman–Crippen MR) is 68.2 cm³/mol. The molecule has 0 aliphatic rings. The van der Waals surface area contributed by atoms with Gasteiger partial charge in [0.25, 0.3) is 0 Å². The molecule has 0 aliphatic carbocycles. The highest BCUT2D eigenvalue weighted by molar-refractivity contribution is 5.95. The van der Waals surface area contributed by atoms with Gasteiger partial charge in [0.1, 0.15) is 11.3 Å². The molecule has 3 heteroatoms. The molecule has 1 heterocycles. The fourth-order valence-electron chi connectivity index (χ4n) is 1.75. The average molecular weight is 231 g/mol. The summed E-state index contributed by atoms with van der Waals surface area (Å²) in [7, 11) is 0. The molecule has 0 spiro atoms. The van der Waals surface area contributed by atoms with Crippen LogP contribution in [0.4, 0.5) is 0 Å². The summed E-state index contributed by atoms with van der Waals surface area (Å²) in [6.07, 6.45) is 0. The minimum Gasteiger partial charge on any atom is -0.455 e. The van der Waals surface area contributed by atoms with E-state index in [9.17, 15) is 4.79 Å². The Labute approximate surface area is 101 Å². The second kappa shape index (κ2) is 3.91. The normalized spacial score (nSPS) is 11.8. The molecule has 2 rings (SSSR count). The van der Waals surface area contributed by atoms with Gasteiger partial charge in [-0.2, -0.15) is 0 Å². The van der Waals surface area contributed by atoms with Gasteiger partial charge in [0, 0.05) is 10.9 Å². The number of hydrogen-bond acceptors (Lipinski definition) is 2. The van der Waals surface area contributed by atoms with Crippen LogP contribution in [0, 0.1) is 6.92 Å². The molecule has 2 aromatic rings. The van der Waals surface area contributed by atoms with Crippen LogP contribution >= 0.6 is 0 Å². The standard InChI is InChI=1S/C14H17NO2/c1-9-6-5-7-10-8-11(15-12(9)10)13(16)17-14(2,3)4/h5-8,15H,1-4H3. The quantitative estimate of drug-likeness (QED) is 0.764. The maximum Gasteiger partial charge on any atom is 0.355 e. The van der Waals surface area contributed by atoms with Crippen LogP contribution in [0.2, 0.25) is 0 Å². The first-order chi connectivity index (χ1) is 7.87. The van der Waals surface area contributed by atoms with Gasteiger partial charge in [-0.25, -0.2) is 4.79 Å². The van der Waals surface area contributed by atoms with E-state index in [1.165, 1.54) is 0 Å². The molecular weight excluding hydrogens is 214 g/mol. The van der Waals surface area contributed by atoms with Crippen molar-refractivity contribution < 1.29 is 9.53 Å². The van der Waals surface area contributed by atoms with Gasteiger partial charge in [-0.3, -0.25) is 0 Å². The fraction of sp³-hybridized carbons (Fsp3) is 0.357. The second-order valence-corrected chi connectivity index (χ2v) is 5.22. The topological polar surface area (TPSA) is 42.1 Å². The Bertz CT molecular complexity index is 561. The third-order valence-electron chi connectivity index (χ3n) is 2.48. The van der Waals surface area contributed by atoms with Crippen molar-refractivity contribution in [3.63, 3.8) is 0 Å². The molecular formula is C14H17NO2. The second-order valence-electron chi connectivity index (χ2n) is 5.22. The highest BCUT2D eigenvalue weighted by Gasteiger charge is 2.19. The van der Waals surface area contributed by atoms with Gasteiger partial charge in [0.2, 0.25) is 0 Å². The van der Waals surface area contributed by atoms with Gasteiger partial charge in [0.15, 0.2) is 0 Å². The molecule has 0 atom stereocenters. The maximum atomic E-state index is 11.9. The first-order valence-electron chi connectivity index (χ1n) is 5.68. The molecule has 1 N–H and O–H groups in total. The minimum atomic E-state index is -0.469. The smallest absolute Gasteiger partial charge is 0.355 e. The number of aromatic amines is 1. The van der Waals surface area contributed by atoms with Gasteiger partial charge in [-0.15, -0.1) is 0 Å². The predicted octanol–water partition coefficient (Wildman–Crippen LogP) is 3.43. The molecule has 17 heavy (non-hydrogen) atoms. The first kappa shape index (κ1) is 11.7. The zero-order valence-electron chi connectivity index (χ0n) is 10.6. The van der Waals surface area contributed by atoms with Gasteiger partial charge in [-0.1, -0.05) is 18.2 Å². The van der Waals surface area contributed by atoms with Crippen LogP contribution in [0.15, 0.2) is 24.3 Å². The third kappa shape index (κ3) is 2.49. The Hall–Kier alpha value is -1.77. The molecule has 90 valence electrons. The average Bonchev–Trinajstić information content (AvgIpc) is 2.60. The number of esters is 1. The van der Waals surface area contributed by atoms with Crippen molar-refractivity contribution in [2.24, 2.45) is 0 Å². The van der Waals surface area contributed by atoms with Gasteiger partial charge in [-0.05, 0) is 39.3 Å². The highest BCUT2D eigenvalue weighted by Crippen LogP contribution is 2.20. The number of aromatic nitrogens is 1. The van der Waals surface area contributed by atoms with Crippen LogP contribution in [0.1, 0.15) is 36.8 Å². The van der Waals surface area contributed by atoms with E-state index in [0.29, 0.717) is 5.69 Å². The molecule has 0 bridgehead atoms. The molecule has 0 saturated carbocycles. The van der Waals surface area contributed by atoms with E-state index >= 15 is 0 Å². The van der Waals surface area contributed by atoms with Crippen molar-refractivity contribution in [2.75, 3.05) is 0 Å². The number of para-hydroxylation sites is 1. The highest BCUT2D eigenvalue weighted by atomic mass is 16.6. The number of fused-ring (bicyclic) bond motifs is 1. The summed E-state index contributed by atoms with van der Waals surface area (Å²) >= 11 is 0. The number of nitrogens with one attached hydrogen (secondary N) is 1. The molecule has 1 aromatic heterocycles. The number of hydrogen-bond donors (Lipinski definition) is 1. The van der Waals surface area contributed by atoms with Crippen molar-refractivity contribution in [1.29, 1.82) is 0 Å². The number of ether oxygens (including phenoxy) is 1. The Kier molecular flexibility index (Phi) is 2.69. The van der Waals surface area contributed by atoms with E-state index < -0.39 is 5.60 Å². The fourth-order valence-corrected chi connectivity index (χ4v) is 1.75. The summed E-state index contributed by atoms with van der Waals surface area (Å²) in [4.78, 5) is 15.0. The van der Waals surface area contributed by atoms with Crippen LogP contribution < -0.4 is 0 Å². The van der Waals surface area contributed by atoms with Crippen LogP contribution in [0.25, 0.3) is 10.9 Å². The third-order valence-corrected chi connectivity index (χ3v) is 2.48. The number of benzene rings is 1. The van der Waals surface area contributed by atoms with Gasteiger partial charge < -0.3 is 9.72 Å². The number of carbonyl (C=O) groups is 1. The zero-order chi connectivity index (χ0) is 12.6. The van der Waals surface area contributed by atoms with E-state index in [0.717, 1.165) is 16.5 Å². The van der Waals surface area contributed by atoms with Crippen molar-refractivity contribution >= 4 is 16.9 Å². The lowest BCUT2D eigenvalue weighted by molar-refractivity contribution is 0.00639. The van der Waals surface area contributed by atoms with Gasteiger partial charge in [0.05, 0.1) is 0 Å². The Morgan fingerprint density at radius 2 is 2.00 bits per heavy atom. The van der Waals surface area contributed by atoms with Crippen molar-refractivity contribution in [3.05, 3.63) is 35.5 Å². The lowest BCUT2D eigenvalue weighted by atomic mass is 10.2. The Morgan fingerprint density at radius 3 is 2.59 bits per heavy atom. The first-order valence-corrected chi connectivity index (χ1v) is 5.68. The summed E-state index contributed by atoms with van der Waals surface area (Å²) in [6, 6.07) is 7.80. The summed E-state index contributed by atoms with van der Waals surface area (Å²) in [6.45, 7) is 7.59. The lowest BCUT2D eigenvalue weighted by Gasteiger charge is -2.18. The number of carbonyl (C=O) groups excluding carboxylic acids is 1. The molecule has 0 fully saturated rings. The number of H-pyrrole nitrogens is 1. The lowest BCUT2D eigenvalue weighted by Crippen LogP contribution is -2.24. The summed E-state index contributed by atoms with van der Waals surface area (Å²) in [5.74, 6) is -0.312. The van der Waals surface area contributed by atoms with E-state index in [2.05, 4.69) is 4.98 Å². The maximum absolute atomic E-state index is 11.9. The van der Waals surface area contributed by atoms with Crippen molar-refractivity contribution in [2.45, 2.75) is 33.3 Å². The van der Waals surface area contributed by atoms with E-state index in [1.54, 1.807) is 0 Å². The molecule has 0 amide bonds. The summed E-state index contributed by atoms with van der Waals surface area (Å²) < 4.78 is 5.32. The Morgan fingerprint density at radius 1 is 1.29 bits per heavy atom. The molecule has 0 saturated heterocycles. The van der Waals surface area contributed by atoms with Crippen LogP contribution in [0.3, 0.4) is 0 Å². The van der Waals surface area contributed by atoms with E-state index in [-0.39, 0.29) is 5.97 Å². The molecule has 3 nitrogen and oxygen atoms in total. The molecule has 0 aliphatic heterocycles. The number of aryl methyl sites for hydroxylation is 1. The van der Waals surface area contributed by atoms with Crippen LogP contribution in [0.5, 0.6) is 0 Å². The SMILES string of the molecule is Cc1cccc2cc(C(=O)OC(C)(C)C)[nH]c12. The molecule has 0 unspecified atom stereocenters. The van der Waals surface area contributed by atoms with Crippen molar-refractivity contribution in [3.8, 4) is 0 Å². The van der Waals surface area contributed by atoms with E-state index in [1.807, 2.05) is 52.0 Å². The van der Waals surface area contributed by atoms with Crippen molar-refractivity contribution in [1.82, 2.24) is 4.98 Å². The monoisotopic (exact) mass is 231 g/mol. The van der Waals surface area contributed by atoms with Crippen LogP contribution in [-0.4, -0.2) is 16.6 Å². The molecule has 1 aromatic carbocycles. The minimum absolute atomic E-state index is 0.312. The largest absolute Gasteiger partial charge is 0.455 e. The van der Waals surface area contributed by atoms with Gasteiger partial charge >= 0.3 is 5.97 Å².